The Morgan fingerprint density at radius 3 is 2.79 bits per heavy atom. The highest BCUT2D eigenvalue weighted by Gasteiger charge is 2.25. The lowest BCUT2D eigenvalue weighted by Gasteiger charge is -2.21. The molecule has 29 heavy (non-hydrogen) atoms. The number of benzene rings is 1. The molecule has 2 fully saturated rings. The Balaban J connectivity index is 1.58. The van der Waals surface area contributed by atoms with Gasteiger partial charge in [-0.25, -0.2) is 9.37 Å². The first-order chi connectivity index (χ1) is 14.0. The molecule has 0 unspecified atom stereocenters. The van der Waals surface area contributed by atoms with E-state index in [1.165, 1.54) is 12.1 Å². The average molecular weight is 413 g/mol. The fraction of sp³-hybridized carbons (Fsp3) is 0.300. The molecule has 2 aliphatic heterocycles. The van der Waals surface area contributed by atoms with Gasteiger partial charge in [-0.1, -0.05) is 12.1 Å². The van der Waals surface area contributed by atoms with Crippen LogP contribution in [0.25, 0.3) is 17.3 Å². The maximum Gasteiger partial charge on any atom is 0.290 e. The van der Waals surface area contributed by atoms with Crippen LogP contribution in [0.15, 0.2) is 35.5 Å². The molecule has 150 valence electrons. The molecule has 4 rings (SSSR count). The van der Waals surface area contributed by atoms with E-state index in [0.717, 1.165) is 50.2 Å². The smallest absolute Gasteiger partial charge is 0.290 e. The summed E-state index contributed by atoms with van der Waals surface area (Å²) in [7, 11) is 2.11. The van der Waals surface area contributed by atoms with E-state index in [9.17, 15) is 14.0 Å². The van der Waals surface area contributed by atoms with Gasteiger partial charge in [0.25, 0.3) is 11.1 Å². The summed E-state index contributed by atoms with van der Waals surface area (Å²) in [5.74, 6) is -0.224. The van der Waals surface area contributed by atoms with E-state index in [1.54, 1.807) is 24.5 Å². The van der Waals surface area contributed by atoms with Gasteiger partial charge in [0.05, 0.1) is 23.0 Å². The van der Waals surface area contributed by atoms with E-state index in [0.29, 0.717) is 11.3 Å². The summed E-state index contributed by atoms with van der Waals surface area (Å²) in [4.78, 5) is 36.5. The molecule has 2 aliphatic rings. The molecule has 0 atom stereocenters. The summed E-state index contributed by atoms with van der Waals surface area (Å²) in [6, 6.07) is 4.68. The second-order valence-corrected chi connectivity index (χ2v) is 8.01. The van der Waals surface area contributed by atoms with Gasteiger partial charge in [-0.05, 0) is 43.9 Å². The zero-order valence-corrected chi connectivity index (χ0v) is 16.7. The van der Waals surface area contributed by atoms with Crippen LogP contribution in [-0.2, 0) is 4.79 Å². The van der Waals surface area contributed by atoms with Crippen LogP contribution < -0.4 is 10.2 Å². The topological polar surface area (TPSA) is 78.4 Å². The first kappa shape index (κ1) is 19.5. The van der Waals surface area contributed by atoms with Crippen molar-refractivity contribution < 1.29 is 14.0 Å². The predicted molar refractivity (Wildman–Crippen MR) is 111 cm³/mol. The van der Waals surface area contributed by atoms with Crippen molar-refractivity contribution in [1.82, 2.24) is 20.2 Å². The van der Waals surface area contributed by atoms with Crippen LogP contribution in [0.2, 0.25) is 0 Å². The Kier molecular flexibility index (Phi) is 5.59. The second kappa shape index (κ2) is 8.30. The predicted octanol–water partition coefficient (Wildman–Crippen LogP) is 2.75. The Hall–Kier alpha value is -2.78. The van der Waals surface area contributed by atoms with Gasteiger partial charge < -0.3 is 9.80 Å². The fourth-order valence-electron chi connectivity index (χ4n) is 3.29. The van der Waals surface area contributed by atoms with Gasteiger partial charge in [0.1, 0.15) is 11.6 Å². The highest BCUT2D eigenvalue weighted by Crippen LogP contribution is 2.28. The molecule has 7 nitrogen and oxygen atoms in total. The number of nitrogens with zero attached hydrogens (tertiary/aromatic N) is 4. The Labute approximate surface area is 172 Å². The molecular formula is C20H20FN5O2S. The average Bonchev–Trinajstić information content (AvgIpc) is 2.88. The van der Waals surface area contributed by atoms with E-state index in [-0.39, 0.29) is 10.5 Å². The number of hydrogen-bond acceptors (Lipinski definition) is 7. The number of amides is 2. The van der Waals surface area contributed by atoms with Crippen LogP contribution in [0.4, 0.5) is 15.0 Å². The summed E-state index contributed by atoms with van der Waals surface area (Å²) in [5, 5.41) is 1.70. The molecule has 1 N–H and O–H groups in total. The molecule has 1 aromatic carbocycles. The van der Waals surface area contributed by atoms with Crippen LogP contribution in [0.3, 0.4) is 0 Å². The van der Waals surface area contributed by atoms with E-state index < -0.39 is 17.0 Å². The van der Waals surface area contributed by atoms with Gasteiger partial charge in [0, 0.05) is 30.8 Å². The van der Waals surface area contributed by atoms with Crippen LogP contribution in [0.5, 0.6) is 0 Å². The van der Waals surface area contributed by atoms with Gasteiger partial charge in [-0.2, -0.15) is 0 Å². The van der Waals surface area contributed by atoms with Crippen LogP contribution in [0.1, 0.15) is 12.0 Å². The number of likely N-dealkylation sites (N-methyl/N-ethyl adjacent to an activating group) is 1. The van der Waals surface area contributed by atoms with Crippen molar-refractivity contribution in [3.63, 3.8) is 0 Å². The Bertz CT molecular complexity index is 997. The van der Waals surface area contributed by atoms with Crippen LogP contribution >= 0.6 is 11.8 Å². The highest BCUT2D eigenvalue weighted by molar-refractivity contribution is 8.18. The minimum Gasteiger partial charge on any atom is -0.354 e. The molecule has 0 saturated carbocycles. The minimum absolute atomic E-state index is 0.176. The summed E-state index contributed by atoms with van der Waals surface area (Å²) < 4.78 is 14.6. The number of carbonyl (C=O) groups is 2. The van der Waals surface area contributed by atoms with Crippen molar-refractivity contribution >= 4 is 34.8 Å². The summed E-state index contributed by atoms with van der Waals surface area (Å²) >= 11 is 0.761. The molecule has 2 amide bonds. The number of nitrogens with one attached hydrogen (secondary N) is 1. The van der Waals surface area contributed by atoms with Gasteiger partial charge in [-0.3, -0.25) is 19.9 Å². The van der Waals surface area contributed by atoms with E-state index >= 15 is 0 Å². The summed E-state index contributed by atoms with van der Waals surface area (Å²) in [6.45, 7) is 3.78. The zero-order valence-electron chi connectivity index (χ0n) is 15.9. The second-order valence-electron chi connectivity index (χ2n) is 6.99. The van der Waals surface area contributed by atoms with Crippen LogP contribution in [0, 0.1) is 5.82 Å². The number of halogens is 1. The van der Waals surface area contributed by atoms with Crippen molar-refractivity contribution in [3.05, 3.63) is 46.9 Å². The molecule has 2 saturated heterocycles. The molecule has 9 heteroatoms. The van der Waals surface area contributed by atoms with E-state index in [2.05, 4.69) is 32.1 Å². The van der Waals surface area contributed by atoms with Crippen molar-refractivity contribution in [2.45, 2.75) is 6.42 Å². The Morgan fingerprint density at radius 1 is 1.17 bits per heavy atom. The standard InChI is InChI=1S/C20H20FN5O2S/c1-25-5-2-6-26(8-7-25)18-12-22-11-16(23-18)14-4-3-13(15(21)9-14)10-17-19(27)24-20(28)29-17/h3-4,9-12H,2,5-8H2,1H3,(H,24,27,28)/b17-10+. The number of hydrogen-bond donors (Lipinski definition) is 1. The largest absolute Gasteiger partial charge is 0.354 e. The summed E-state index contributed by atoms with van der Waals surface area (Å²) in [6.07, 6.45) is 5.77. The first-order valence-corrected chi connectivity index (χ1v) is 10.1. The molecule has 0 aliphatic carbocycles. The number of aromatic nitrogens is 2. The number of anilines is 1. The van der Waals surface area contributed by atoms with Gasteiger partial charge in [-0.15, -0.1) is 0 Å². The van der Waals surface area contributed by atoms with E-state index in [1.807, 2.05) is 0 Å². The van der Waals surface area contributed by atoms with Crippen molar-refractivity contribution in [3.8, 4) is 11.3 Å². The maximum atomic E-state index is 14.6. The lowest BCUT2D eigenvalue weighted by Crippen LogP contribution is -2.29. The first-order valence-electron chi connectivity index (χ1n) is 9.30. The number of imide groups is 1. The van der Waals surface area contributed by atoms with Crippen molar-refractivity contribution in [2.75, 3.05) is 38.1 Å². The lowest BCUT2D eigenvalue weighted by molar-refractivity contribution is -0.115. The molecule has 2 aromatic rings. The normalized spacial score (nSPS) is 19.5. The molecule has 1 aromatic heterocycles. The van der Waals surface area contributed by atoms with Crippen molar-refractivity contribution in [1.29, 1.82) is 0 Å². The SMILES string of the molecule is CN1CCCN(c2cncc(-c3ccc(/C=C4/SC(=O)NC4=O)c(F)c3)n2)CC1. The Morgan fingerprint density at radius 2 is 2.03 bits per heavy atom. The third-order valence-electron chi connectivity index (χ3n) is 4.89. The molecular weight excluding hydrogens is 393 g/mol. The van der Waals surface area contributed by atoms with E-state index in [4.69, 9.17) is 0 Å². The van der Waals surface area contributed by atoms with Gasteiger partial charge in [0.15, 0.2) is 0 Å². The molecule has 3 heterocycles. The zero-order chi connectivity index (χ0) is 20.4. The third kappa shape index (κ3) is 4.46. The lowest BCUT2D eigenvalue weighted by atomic mass is 10.1. The quantitative estimate of drug-likeness (QED) is 0.775. The summed E-state index contributed by atoms with van der Waals surface area (Å²) in [5.41, 5.74) is 1.42. The highest BCUT2D eigenvalue weighted by atomic mass is 32.2. The van der Waals surface area contributed by atoms with Crippen LogP contribution in [-0.4, -0.2) is 59.2 Å². The number of rotatable bonds is 3. The number of thioether (sulfide) groups is 1. The molecule has 0 bridgehead atoms. The number of carbonyl (C=O) groups excluding carboxylic acids is 2. The molecule has 0 spiro atoms. The third-order valence-corrected chi connectivity index (χ3v) is 5.70. The maximum absolute atomic E-state index is 14.6. The van der Waals surface area contributed by atoms with Gasteiger partial charge >= 0.3 is 0 Å². The molecule has 0 radical (unpaired) electrons. The minimum atomic E-state index is -0.509. The monoisotopic (exact) mass is 413 g/mol. The van der Waals surface area contributed by atoms with Crippen molar-refractivity contribution in [2.24, 2.45) is 0 Å². The van der Waals surface area contributed by atoms with Gasteiger partial charge in [0.2, 0.25) is 0 Å². The fourth-order valence-corrected chi connectivity index (χ4v) is 3.96.